The summed E-state index contributed by atoms with van der Waals surface area (Å²) in [6.45, 7) is 3.65. The van der Waals surface area contributed by atoms with Gasteiger partial charge in [-0.3, -0.25) is 4.79 Å². The summed E-state index contributed by atoms with van der Waals surface area (Å²) in [5, 5.41) is 6.39. The molecule has 0 heterocycles. The summed E-state index contributed by atoms with van der Waals surface area (Å²) in [5.41, 5.74) is 5.00. The molecule has 1 atom stereocenters. The Balaban J connectivity index is 0.00000363. The molecule has 3 rings (SSSR count). The number of amides is 1. The Labute approximate surface area is 198 Å². The molecule has 0 spiro atoms. The molecule has 2 N–H and O–H groups in total. The van der Waals surface area contributed by atoms with Crippen molar-refractivity contribution in [3.63, 3.8) is 0 Å². The highest BCUT2D eigenvalue weighted by atomic mass is 35.5. The summed E-state index contributed by atoms with van der Waals surface area (Å²) in [6, 6.07) is 12.4. The number of benzene rings is 2. The molecule has 176 valence electrons. The number of anilines is 1. The first-order chi connectivity index (χ1) is 15.1. The second-order valence-corrected chi connectivity index (χ2v) is 8.46. The number of ether oxygens (including phenoxy) is 2. The van der Waals surface area contributed by atoms with Gasteiger partial charge in [0.05, 0.1) is 14.2 Å². The summed E-state index contributed by atoms with van der Waals surface area (Å²) in [7, 11) is 3.41. The van der Waals surface area contributed by atoms with E-state index in [1.54, 1.807) is 14.2 Å². The van der Waals surface area contributed by atoms with E-state index in [-0.39, 0.29) is 18.3 Å². The van der Waals surface area contributed by atoms with Crippen LogP contribution in [0.1, 0.15) is 49.3 Å². The highest BCUT2D eigenvalue weighted by Gasteiger charge is 2.20. The van der Waals surface area contributed by atoms with Crippen molar-refractivity contribution in [3.05, 3.63) is 53.1 Å². The number of carbonyl (C=O) groups excluding carboxylic acids is 1. The Morgan fingerprint density at radius 2 is 1.66 bits per heavy atom. The Morgan fingerprint density at radius 1 is 1.00 bits per heavy atom. The monoisotopic (exact) mass is 460 g/mol. The second kappa shape index (κ2) is 13.3. The Morgan fingerprint density at radius 3 is 2.31 bits per heavy atom. The van der Waals surface area contributed by atoms with Gasteiger partial charge in [-0.15, -0.1) is 12.4 Å². The van der Waals surface area contributed by atoms with Crippen LogP contribution in [-0.2, 0) is 24.1 Å². The first-order valence-corrected chi connectivity index (χ1v) is 11.4. The Kier molecular flexibility index (Phi) is 10.8. The molecule has 0 radical (unpaired) electrons. The van der Waals surface area contributed by atoms with Crippen LogP contribution in [-0.4, -0.2) is 33.2 Å². The second-order valence-electron chi connectivity index (χ2n) is 8.46. The van der Waals surface area contributed by atoms with Gasteiger partial charge in [-0.1, -0.05) is 12.1 Å². The Hall–Kier alpha value is -2.24. The van der Waals surface area contributed by atoms with Crippen LogP contribution in [0.15, 0.2) is 36.4 Å². The molecule has 32 heavy (non-hydrogen) atoms. The molecular formula is C26H37ClN2O3. The normalized spacial score (nSPS) is 14.8. The lowest BCUT2D eigenvalue weighted by Crippen LogP contribution is -2.20. The third-order valence-corrected chi connectivity index (χ3v) is 6.10. The fourth-order valence-corrected chi connectivity index (χ4v) is 4.42. The molecule has 5 nitrogen and oxygen atoms in total. The molecule has 0 bridgehead atoms. The lowest BCUT2D eigenvalue weighted by molar-refractivity contribution is -0.114. The minimum atomic E-state index is -0.0330. The van der Waals surface area contributed by atoms with Crippen LogP contribution in [0.25, 0.3) is 0 Å². The number of rotatable bonds is 11. The predicted molar refractivity (Wildman–Crippen MR) is 133 cm³/mol. The summed E-state index contributed by atoms with van der Waals surface area (Å²) in [5.74, 6) is 2.41. The summed E-state index contributed by atoms with van der Waals surface area (Å²) in [4.78, 5) is 11.1. The van der Waals surface area contributed by atoms with E-state index in [0.29, 0.717) is 0 Å². The zero-order valence-electron chi connectivity index (χ0n) is 19.5. The number of halogens is 1. The minimum absolute atomic E-state index is 0. The number of fused-ring (bicyclic) bond motifs is 1. The number of carbonyl (C=O) groups is 1. The van der Waals surface area contributed by atoms with Gasteiger partial charge in [-0.25, -0.2) is 0 Å². The van der Waals surface area contributed by atoms with Gasteiger partial charge in [0.25, 0.3) is 0 Å². The standard InChI is InChI=1S/C26H36N2O3.ClH/c1-19(29)28-24-12-9-20(10-13-24)6-4-14-27-15-5-7-21-8-11-22-17-25(30-2)26(31-3)18-23(22)16-21;/h9-10,12-13,17-18,21,27H,4-8,11,14-16H2,1-3H3,(H,28,29);1H. The van der Waals surface area contributed by atoms with Crippen LogP contribution in [0.5, 0.6) is 11.5 Å². The van der Waals surface area contributed by atoms with Gasteiger partial charge in [0.15, 0.2) is 11.5 Å². The fourth-order valence-electron chi connectivity index (χ4n) is 4.42. The molecule has 1 aliphatic carbocycles. The average Bonchev–Trinajstić information content (AvgIpc) is 2.78. The van der Waals surface area contributed by atoms with Gasteiger partial charge in [-0.05, 0) is 105 Å². The number of nitrogens with one attached hydrogen (secondary N) is 2. The van der Waals surface area contributed by atoms with Gasteiger partial charge in [0.2, 0.25) is 5.91 Å². The highest BCUT2D eigenvalue weighted by Crippen LogP contribution is 2.36. The van der Waals surface area contributed by atoms with Crippen molar-refractivity contribution in [2.24, 2.45) is 5.92 Å². The molecule has 2 aromatic rings. The summed E-state index contributed by atoms with van der Waals surface area (Å²) >= 11 is 0. The van der Waals surface area contributed by atoms with Gasteiger partial charge in [-0.2, -0.15) is 0 Å². The first kappa shape index (κ1) is 26.0. The zero-order chi connectivity index (χ0) is 22.1. The molecule has 0 saturated carbocycles. The number of aryl methyl sites for hydroxylation is 2. The van der Waals surface area contributed by atoms with Crippen LogP contribution in [0.4, 0.5) is 5.69 Å². The maximum atomic E-state index is 11.1. The van der Waals surface area contributed by atoms with E-state index in [9.17, 15) is 4.79 Å². The molecule has 6 heteroatoms. The van der Waals surface area contributed by atoms with Crippen molar-refractivity contribution < 1.29 is 14.3 Å². The quantitative estimate of drug-likeness (QED) is 0.453. The van der Waals surface area contributed by atoms with E-state index in [1.807, 2.05) is 12.1 Å². The SMILES string of the molecule is COc1cc2c(cc1OC)CC(CCCNCCCc1ccc(NC(C)=O)cc1)CC2.Cl. The van der Waals surface area contributed by atoms with Crippen molar-refractivity contribution >= 4 is 24.0 Å². The van der Waals surface area contributed by atoms with Crippen LogP contribution >= 0.6 is 12.4 Å². The zero-order valence-corrected chi connectivity index (χ0v) is 20.4. The highest BCUT2D eigenvalue weighted by molar-refractivity contribution is 5.88. The van der Waals surface area contributed by atoms with E-state index in [2.05, 4.69) is 34.9 Å². The molecule has 0 saturated heterocycles. The van der Waals surface area contributed by atoms with Crippen molar-refractivity contribution in [3.8, 4) is 11.5 Å². The molecule has 1 aliphatic rings. The average molecular weight is 461 g/mol. The molecule has 2 aromatic carbocycles. The lowest BCUT2D eigenvalue weighted by atomic mass is 9.81. The van der Waals surface area contributed by atoms with Gasteiger partial charge >= 0.3 is 0 Å². The van der Waals surface area contributed by atoms with E-state index < -0.39 is 0 Å². The maximum Gasteiger partial charge on any atom is 0.221 e. The largest absolute Gasteiger partial charge is 0.493 e. The number of hydrogen-bond acceptors (Lipinski definition) is 4. The molecule has 0 aliphatic heterocycles. The van der Waals surface area contributed by atoms with Crippen LogP contribution in [0, 0.1) is 5.92 Å². The van der Waals surface area contributed by atoms with Gasteiger partial charge < -0.3 is 20.1 Å². The third kappa shape index (κ3) is 7.72. The fraction of sp³-hybridized carbons (Fsp3) is 0.500. The maximum absolute atomic E-state index is 11.1. The Bertz CT molecular complexity index is 855. The molecule has 1 unspecified atom stereocenters. The van der Waals surface area contributed by atoms with E-state index in [1.165, 1.54) is 42.9 Å². The summed E-state index contributed by atoms with van der Waals surface area (Å²) in [6.07, 6.45) is 8.20. The van der Waals surface area contributed by atoms with E-state index in [0.717, 1.165) is 61.9 Å². The van der Waals surface area contributed by atoms with Crippen molar-refractivity contribution in [1.29, 1.82) is 0 Å². The summed E-state index contributed by atoms with van der Waals surface area (Å²) < 4.78 is 10.9. The molecular weight excluding hydrogens is 424 g/mol. The smallest absolute Gasteiger partial charge is 0.221 e. The van der Waals surface area contributed by atoms with Crippen molar-refractivity contribution in [2.45, 2.75) is 51.9 Å². The van der Waals surface area contributed by atoms with E-state index >= 15 is 0 Å². The lowest BCUT2D eigenvalue weighted by Gasteiger charge is -2.26. The molecule has 0 aromatic heterocycles. The third-order valence-electron chi connectivity index (χ3n) is 6.10. The van der Waals surface area contributed by atoms with Crippen LogP contribution < -0.4 is 20.1 Å². The molecule has 0 fully saturated rings. The number of methoxy groups -OCH3 is 2. The number of hydrogen-bond donors (Lipinski definition) is 2. The minimum Gasteiger partial charge on any atom is -0.493 e. The molecule has 1 amide bonds. The van der Waals surface area contributed by atoms with Crippen molar-refractivity contribution in [1.82, 2.24) is 5.32 Å². The predicted octanol–water partition coefficient (Wildman–Crippen LogP) is 5.19. The van der Waals surface area contributed by atoms with Crippen LogP contribution in [0.2, 0.25) is 0 Å². The van der Waals surface area contributed by atoms with E-state index in [4.69, 9.17) is 9.47 Å². The first-order valence-electron chi connectivity index (χ1n) is 11.4. The van der Waals surface area contributed by atoms with Gasteiger partial charge in [0.1, 0.15) is 0 Å². The topological polar surface area (TPSA) is 59.6 Å². The van der Waals surface area contributed by atoms with Gasteiger partial charge in [0, 0.05) is 12.6 Å². The van der Waals surface area contributed by atoms with Crippen molar-refractivity contribution in [2.75, 3.05) is 32.6 Å². The van der Waals surface area contributed by atoms with Crippen LogP contribution in [0.3, 0.4) is 0 Å².